The van der Waals surface area contributed by atoms with Gasteiger partial charge in [-0.1, -0.05) is 0 Å². The lowest BCUT2D eigenvalue weighted by molar-refractivity contribution is -0.0181. The van der Waals surface area contributed by atoms with Gasteiger partial charge in [-0.05, 0) is 38.6 Å². The number of aliphatic hydroxyl groups is 1. The summed E-state index contributed by atoms with van der Waals surface area (Å²) in [5.74, 6) is 1.42. The second kappa shape index (κ2) is 5.19. The van der Waals surface area contributed by atoms with Gasteiger partial charge in [0.05, 0.1) is 5.60 Å². The Hall–Kier alpha value is -0.870. The third kappa shape index (κ3) is 3.07. The van der Waals surface area contributed by atoms with Gasteiger partial charge in [0.1, 0.15) is 5.82 Å². The van der Waals surface area contributed by atoms with E-state index in [1.54, 1.807) is 0 Å². The van der Waals surface area contributed by atoms with Crippen LogP contribution in [-0.2, 0) is 13.5 Å². The second-order valence-corrected chi connectivity index (χ2v) is 5.35. The first kappa shape index (κ1) is 12.6. The molecule has 2 unspecified atom stereocenters. The van der Waals surface area contributed by atoms with Crippen molar-refractivity contribution >= 4 is 0 Å². The summed E-state index contributed by atoms with van der Waals surface area (Å²) in [6.45, 7) is 3.99. The van der Waals surface area contributed by atoms with Gasteiger partial charge in [0.25, 0.3) is 0 Å². The first-order chi connectivity index (χ1) is 8.09. The topological polar surface area (TPSA) is 50.1 Å². The van der Waals surface area contributed by atoms with Crippen LogP contribution in [0.1, 0.15) is 32.0 Å². The summed E-state index contributed by atoms with van der Waals surface area (Å²) < 4.78 is 2.02. The third-order valence-corrected chi connectivity index (χ3v) is 3.95. The first-order valence-corrected chi connectivity index (χ1v) is 6.49. The Morgan fingerprint density at radius 3 is 3.06 bits per heavy atom. The van der Waals surface area contributed by atoms with Crippen molar-refractivity contribution in [3.63, 3.8) is 0 Å². The zero-order chi connectivity index (χ0) is 12.3. The first-order valence-electron chi connectivity index (χ1n) is 6.49. The molecule has 96 valence electrons. The number of piperidine rings is 1. The maximum atomic E-state index is 10.6. The molecule has 1 saturated heterocycles. The summed E-state index contributed by atoms with van der Waals surface area (Å²) >= 11 is 0. The second-order valence-electron chi connectivity index (χ2n) is 5.35. The highest BCUT2D eigenvalue weighted by atomic mass is 16.3. The lowest BCUT2D eigenvalue weighted by atomic mass is 9.80. The van der Waals surface area contributed by atoms with Crippen molar-refractivity contribution in [3.8, 4) is 0 Å². The molecular formula is C13H23N3O. The standard InChI is InChI=1S/C13H23N3O/c1-13(17,11-4-3-7-14-10-11)6-5-12-15-8-9-16(12)2/h8-9,11,14,17H,3-7,10H2,1-2H3. The molecule has 0 radical (unpaired) electrons. The van der Waals surface area contributed by atoms with Gasteiger partial charge >= 0.3 is 0 Å². The number of rotatable bonds is 4. The predicted molar refractivity (Wildman–Crippen MR) is 67.7 cm³/mol. The maximum Gasteiger partial charge on any atom is 0.108 e. The van der Waals surface area contributed by atoms with Gasteiger partial charge in [0.15, 0.2) is 0 Å². The number of aryl methyl sites for hydroxylation is 2. The van der Waals surface area contributed by atoms with E-state index in [0.717, 1.165) is 38.2 Å². The molecule has 0 amide bonds. The molecule has 2 heterocycles. The normalized spacial score (nSPS) is 24.5. The van der Waals surface area contributed by atoms with Crippen molar-refractivity contribution in [1.29, 1.82) is 0 Å². The smallest absolute Gasteiger partial charge is 0.108 e. The average molecular weight is 237 g/mol. The van der Waals surface area contributed by atoms with Crippen LogP contribution in [-0.4, -0.2) is 33.3 Å². The number of hydrogen-bond acceptors (Lipinski definition) is 3. The molecule has 0 saturated carbocycles. The molecule has 1 aromatic rings. The van der Waals surface area contributed by atoms with E-state index in [4.69, 9.17) is 0 Å². The third-order valence-electron chi connectivity index (χ3n) is 3.95. The highest BCUT2D eigenvalue weighted by Crippen LogP contribution is 2.28. The van der Waals surface area contributed by atoms with Crippen LogP contribution in [0.25, 0.3) is 0 Å². The molecule has 4 heteroatoms. The van der Waals surface area contributed by atoms with Crippen LogP contribution in [0.5, 0.6) is 0 Å². The van der Waals surface area contributed by atoms with E-state index in [1.165, 1.54) is 6.42 Å². The van der Waals surface area contributed by atoms with E-state index in [1.807, 2.05) is 30.9 Å². The molecule has 17 heavy (non-hydrogen) atoms. The van der Waals surface area contributed by atoms with Gasteiger partial charge in [-0.3, -0.25) is 0 Å². The Morgan fingerprint density at radius 2 is 2.47 bits per heavy atom. The van der Waals surface area contributed by atoms with E-state index >= 15 is 0 Å². The number of nitrogens with one attached hydrogen (secondary N) is 1. The molecule has 0 bridgehead atoms. The largest absolute Gasteiger partial charge is 0.390 e. The lowest BCUT2D eigenvalue weighted by Crippen LogP contribution is -2.44. The minimum atomic E-state index is -0.584. The minimum absolute atomic E-state index is 0.372. The highest BCUT2D eigenvalue weighted by molar-refractivity contribution is 4.95. The Balaban J connectivity index is 1.90. The van der Waals surface area contributed by atoms with Crippen molar-refractivity contribution in [2.24, 2.45) is 13.0 Å². The van der Waals surface area contributed by atoms with Crippen LogP contribution in [0.15, 0.2) is 12.4 Å². The molecule has 2 rings (SSSR count). The highest BCUT2D eigenvalue weighted by Gasteiger charge is 2.32. The Morgan fingerprint density at radius 1 is 1.65 bits per heavy atom. The molecule has 1 aromatic heterocycles. The molecule has 1 aliphatic rings. The van der Waals surface area contributed by atoms with E-state index in [2.05, 4.69) is 10.3 Å². The van der Waals surface area contributed by atoms with E-state index in [9.17, 15) is 5.11 Å². The molecule has 4 nitrogen and oxygen atoms in total. The zero-order valence-corrected chi connectivity index (χ0v) is 10.8. The van der Waals surface area contributed by atoms with Gasteiger partial charge in [-0.25, -0.2) is 4.98 Å². The number of hydrogen-bond donors (Lipinski definition) is 2. The lowest BCUT2D eigenvalue weighted by Gasteiger charge is -2.36. The Kier molecular flexibility index (Phi) is 3.84. The molecule has 2 atom stereocenters. The molecule has 0 spiro atoms. The van der Waals surface area contributed by atoms with Gasteiger partial charge in [-0.2, -0.15) is 0 Å². The van der Waals surface area contributed by atoms with Crippen molar-refractivity contribution in [2.45, 2.75) is 38.2 Å². The van der Waals surface area contributed by atoms with Crippen LogP contribution in [0.3, 0.4) is 0 Å². The Labute approximate surface area is 103 Å². The molecule has 1 fully saturated rings. The SMILES string of the molecule is Cn1ccnc1CCC(C)(O)C1CCCNC1. The summed E-state index contributed by atoms with van der Waals surface area (Å²) in [5, 5.41) is 13.9. The summed E-state index contributed by atoms with van der Waals surface area (Å²) in [7, 11) is 2.00. The van der Waals surface area contributed by atoms with Crippen molar-refractivity contribution in [1.82, 2.24) is 14.9 Å². The predicted octanol–water partition coefficient (Wildman–Crippen LogP) is 1.10. The van der Waals surface area contributed by atoms with Gasteiger partial charge in [-0.15, -0.1) is 0 Å². The number of nitrogens with zero attached hydrogens (tertiary/aromatic N) is 2. The molecule has 0 aliphatic carbocycles. The fourth-order valence-corrected chi connectivity index (χ4v) is 2.59. The molecule has 0 aromatic carbocycles. The zero-order valence-electron chi connectivity index (χ0n) is 10.8. The Bertz CT molecular complexity index is 353. The van der Waals surface area contributed by atoms with Crippen LogP contribution < -0.4 is 5.32 Å². The summed E-state index contributed by atoms with van der Waals surface area (Å²) in [6, 6.07) is 0. The minimum Gasteiger partial charge on any atom is -0.390 e. The van der Waals surface area contributed by atoms with Gasteiger partial charge < -0.3 is 15.0 Å². The van der Waals surface area contributed by atoms with E-state index < -0.39 is 5.60 Å². The molecule has 2 N–H and O–H groups in total. The van der Waals surface area contributed by atoms with E-state index in [0.29, 0.717) is 5.92 Å². The van der Waals surface area contributed by atoms with Gasteiger partial charge in [0.2, 0.25) is 0 Å². The number of imidazole rings is 1. The van der Waals surface area contributed by atoms with Crippen LogP contribution in [0, 0.1) is 5.92 Å². The number of aromatic nitrogens is 2. The molecular weight excluding hydrogens is 214 g/mol. The fourth-order valence-electron chi connectivity index (χ4n) is 2.59. The summed E-state index contributed by atoms with van der Waals surface area (Å²) in [4.78, 5) is 4.30. The van der Waals surface area contributed by atoms with Gasteiger partial charge in [0, 0.05) is 32.4 Å². The summed E-state index contributed by atoms with van der Waals surface area (Å²) in [6.07, 6.45) is 7.68. The van der Waals surface area contributed by atoms with Crippen LogP contribution >= 0.6 is 0 Å². The monoisotopic (exact) mass is 237 g/mol. The van der Waals surface area contributed by atoms with Crippen LogP contribution in [0.2, 0.25) is 0 Å². The average Bonchev–Trinajstić information content (AvgIpc) is 2.74. The van der Waals surface area contributed by atoms with Crippen molar-refractivity contribution in [3.05, 3.63) is 18.2 Å². The summed E-state index contributed by atoms with van der Waals surface area (Å²) in [5.41, 5.74) is -0.584. The maximum absolute atomic E-state index is 10.6. The van der Waals surface area contributed by atoms with Crippen LogP contribution in [0.4, 0.5) is 0 Å². The van der Waals surface area contributed by atoms with E-state index in [-0.39, 0.29) is 0 Å². The quantitative estimate of drug-likeness (QED) is 0.824. The van der Waals surface area contributed by atoms with Crippen molar-refractivity contribution < 1.29 is 5.11 Å². The molecule has 1 aliphatic heterocycles. The van der Waals surface area contributed by atoms with Crippen molar-refractivity contribution in [2.75, 3.05) is 13.1 Å². The fraction of sp³-hybridized carbons (Fsp3) is 0.769.